The second-order valence-corrected chi connectivity index (χ2v) is 1.68. The summed E-state index contributed by atoms with van der Waals surface area (Å²) in [5, 5.41) is 1.42. The molecule has 0 aromatic heterocycles. The van der Waals surface area contributed by atoms with E-state index in [0.29, 0.717) is 26.3 Å². The van der Waals surface area contributed by atoms with E-state index in [4.69, 9.17) is 15.4 Å². The van der Waals surface area contributed by atoms with Crippen LogP contribution >= 0.6 is 0 Å². The molecule has 0 aliphatic heterocycles. The Morgan fingerprint density at radius 2 is 1.70 bits per heavy atom. The van der Waals surface area contributed by atoms with Crippen molar-refractivity contribution in [3.63, 3.8) is 0 Å². The topological polar surface area (TPSA) is 47.7 Å². The number of hydrogen-bond donors (Lipinski definition) is 1. The van der Waals surface area contributed by atoms with Crippen molar-refractivity contribution >= 4 is 0 Å². The van der Waals surface area contributed by atoms with E-state index in [0.717, 1.165) is 0 Å². The Labute approximate surface area is 61.8 Å². The van der Waals surface area contributed by atoms with Gasteiger partial charge in [0.1, 0.15) is 0 Å². The third kappa shape index (κ3) is 4.69. The van der Waals surface area contributed by atoms with Gasteiger partial charge in [0.15, 0.2) is 0 Å². The fourth-order valence-electron chi connectivity index (χ4n) is 0.560. The van der Waals surface area contributed by atoms with E-state index in [1.165, 1.54) is 5.23 Å². The smallest absolute Gasteiger partial charge is 0.0683 e. The number of nitrogens with zero attached hydrogens (tertiary/aromatic N) is 1. The van der Waals surface area contributed by atoms with Crippen molar-refractivity contribution in [2.75, 3.05) is 26.3 Å². The molecule has 10 heavy (non-hydrogen) atoms. The molecule has 0 rings (SSSR count). The van der Waals surface area contributed by atoms with Gasteiger partial charge < -0.3 is 5.73 Å². The third-order valence-electron chi connectivity index (χ3n) is 0.858. The fourth-order valence-corrected chi connectivity index (χ4v) is 0.560. The minimum atomic E-state index is 0.542. The van der Waals surface area contributed by atoms with Crippen LogP contribution < -0.4 is 5.73 Å². The first-order chi connectivity index (χ1) is 4.85. The standard InChI is InChI=1S/C6H16N2O2/c1-3-9-8(6-5-7)10-4-2/h3-7H2,1-2H3. The van der Waals surface area contributed by atoms with Crippen molar-refractivity contribution < 1.29 is 9.68 Å². The van der Waals surface area contributed by atoms with E-state index >= 15 is 0 Å². The lowest BCUT2D eigenvalue weighted by molar-refractivity contribution is -0.363. The van der Waals surface area contributed by atoms with Gasteiger partial charge in [0.2, 0.25) is 0 Å². The molecule has 0 aliphatic rings. The molecule has 0 spiro atoms. The van der Waals surface area contributed by atoms with E-state index in [1.807, 2.05) is 13.8 Å². The summed E-state index contributed by atoms with van der Waals surface area (Å²) in [6, 6.07) is 0. The summed E-state index contributed by atoms with van der Waals surface area (Å²) in [6.07, 6.45) is 0. The molecular formula is C6H16N2O2. The van der Waals surface area contributed by atoms with Crippen LogP contribution in [0.3, 0.4) is 0 Å². The summed E-state index contributed by atoms with van der Waals surface area (Å²) in [4.78, 5) is 10.1. The number of hydroxylamine groups is 2. The van der Waals surface area contributed by atoms with Crippen LogP contribution in [0.5, 0.6) is 0 Å². The lowest BCUT2D eigenvalue weighted by Crippen LogP contribution is -2.29. The van der Waals surface area contributed by atoms with Gasteiger partial charge in [-0.15, -0.1) is 0 Å². The minimum absolute atomic E-state index is 0.542. The van der Waals surface area contributed by atoms with Crippen molar-refractivity contribution in [1.29, 1.82) is 0 Å². The van der Waals surface area contributed by atoms with E-state index in [-0.39, 0.29) is 0 Å². The lowest BCUT2D eigenvalue weighted by Gasteiger charge is -2.17. The maximum absolute atomic E-state index is 5.29. The van der Waals surface area contributed by atoms with Crippen LogP contribution in [-0.2, 0) is 9.68 Å². The molecule has 4 nitrogen and oxygen atoms in total. The molecule has 0 heterocycles. The first kappa shape index (κ1) is 9.84. The van der Waals surface area contributed by atoms with Crippen molar-refractivity contribution in [2.24, 2.45) is 5.73 Å². The Balaban J connectivity index is 3.30. The van der Waals surface area contributed by atoms with Gasteiger partial charge in [0, 0.05) is 6.54 Å². The normalized spacial score (nSPS) is 10.8. The second kappa shape index (κ2) is 6.95. The molecule has 0 amide bonds. The zero-order valence-corrected chi connectivity index (χ0v) is 6.67. The van der Waals surface area contributed by atoms with Crippen molar-refractivity contribution in [3.05, 3.63) is 0 Å². The molecule has 62 valence electrons. The maximum atomic E-state index is 5.29. The summed E-state index contributed by atoms with van der Waals surface area (Å²) in [6.45, 7) is 6.19. The van der Waals surface area contributed by atoms with Crippen LogP contribution in [-0.4, -0.2) is 31.5 Å². The highest BCUT2D eigenvalue weighted by molar-refractivity contribution is 4.32. The monoisotopic (exact) mass is 148 g/mol. The third-order valence-corrected chi connectivity index (χ3v) is 0.858. The van der Waals surface area contributed by atoms with Crippen molar-refractivity contribution in [3.8, 4) is 0 Å². The molecule has 0 saturated heterocycles. The molecular weight excluding hydrogens is 132 g/mol. The average Bonchev–Trinajstić information content (AvgIpc) is 1.90. The lowest BCUT2D eigenvalue weighted by atomic mass is 10.7. The van der Waals surface area contributed by atoms with Crippen LogP contribution in [0.4, 0.5) is 0 Å². The second-order valence-electron chi connectivity index (χ2n) is 1.68. The van der Waals surface area contributed by atoms with E-state index < -0.39 is 0 Å². The van der Waals surface area contributed by atoms with Gasteiger partial charge in [0.25, 0.3) is 0 Å². The zero-order valence-electron chi connectivity index (χ0n) is 6.67. The summed E-state index contributed by atoms with van der Waals surface area (Å²) in [5.74, 6) is 0. The molecule has 0 aliphatic carbocycles. The van der Waals surface area contributed by atoms with Crippen LogP contribution in [0.25, 0.3) is 0 Å². The molecule has 0 bridgehead atoms. The zero-order chi connectivity index (χ0) is 7.82. The Bertz CT molecular complexity index is 56.5. The fraction of sp³-hybridized carbons (Fsp3) is 1.00. The van der Waals surface area contributed by atoms with Gasteiger partial charge in [0.05, 0.1) is 19.8 Å². The largest absolute Gasteiger partial charge is 0.329 e. The highest BCUT2D eigenvalue weighted by Crippen LogP contribution is 1.89. The number of nitrogens with two attached hydrogens (primary N) is 1. The van der Waals surface area contributed by atoms with Crippen molar-refractivity contribution in [2.45, 2.75) is 13.8 Å². The van der Waals surface area contributed by atoms with Crippen LogP contribution in [0.2, 0.25) is 0 Å². The number of hydrogen-bond acceptors (Lipinski definition) is 4. The summed E-state index contributed by atoms with van der Waals surface area (Å²) in [7, 11) is 0. The molecule has 0 unspecified atom stereocenters. The molecule has 2 N–H and O–H groups in total. The van der Waals surface area contributed by atoms with Gasteiger partial charge in [-0.05, 0) is 13.8 Å². The quantitative estimate of drug-likeness (QED) is 0.545. The molecule has 0 aromatic rings. The Morgan fingerprint density at radius 3 is 2.00 bits per heavy atom. The minimum Gasteiger partial charge on any atom is -0.329 e. The van der Waals surface area contributed by atoms with Crippen molar-refractivity contribution in [1.82, 2.24) is 5.23 Å². The van der Waals surface area contributed by atoms with Gasteiger partial charge in [-0.1, -0.05) is 5.23 Å². The molecule has 0 atom stereocenters. The summed E-state index contributed by atoms with van der Waals surface area (Å²) in [5.41, 5.74) is 5.29. The van der Waals surface area contributed by atoms with Gasteiger partial charge >= 0.3 is 0 Å². The summed E-state index contributed by atoms with van der Waals surface area (Å²) >= 11 is 0. The first-order valence-corrected chi connectivity index (χ1v) is 3.58. The Kier molecular flexibility index (Phi) is 6.84. The Hall–Kier alpha value is -0.160. The van der Waals surface area contributed by atoms with E-state index in [9.17, 15) is 0 Å². The molecule has 0 saturated carbocycles. The van der Waals surface area contributed by atoms with Crippen LogP contribution in [0.1, 0.15) is 13.8 Å². The predicted molar refractivity (Wildman–Crippen MR) is 39.0 cm³/mol. The number of rotatable bonds is 6. The van der Waals surface area contributed by atoms with Gasteiger partial charge in [-0.25, -0.2) is 0 Å². The Morgan fingerprint density at radius 1 is 1.20 bits per heavy atom. The van der Waals surface area contributed by atoms with E-state index in [2.05, 4.69) is 0 Å². The van der Waals surface area contributed by atoms with E-state index in [1.54, 1.807) is 0 Å². The highest BCUT2D eigenvalue weighted by Gasteiger charge is 2.00. The maximum Gasteiger partial charge on any atom is 0.0683 e. The molecule has 0 aromatic carbocycles. The van der Waals surface area contributed by atoms with Crippen LogP contribution in [0.15, 0.2) is 0 Å². The summed E-state index contributed by atoms with van der Waals surface area (Å²) < 4.78 is 0. The van der Waals surface area contributed by atoms with Gasteiger partial charge in [-0.2, -0.15) is 0 Å². The highest BCUT2D eigenvalue weighted by atomic mass is 16.9. The predicted octanol–water partition coefficient (Wildman–Crippen LogP) is 0.150. The first-order valence-electron chi connectivity index (χ1n) is 3.58. The average molecular weight is 148 g/mol. The van der Waals surface area contributed by atoms with Crippen LogP contribution in [0, 0.1) is 0 Å². The van der Waals surface area contributed by atoms with Gasteiger partial charge in [-0.3, -0.25) is 9.68 Å². The SMILES string of the molecule is CCON(CCN)OCC. The molecule has 0 radical (unpaired) electrons. The molecule has 4 heteroatoms. The molecule has 0 fully saturated rings.